The first-order valence-electron chi connectivity index (χ1n) is 17.1. The lowest BCUT2D eigenvalue weighted by Crippen LogP contribution is -2.25. The Hall–Kier alpha value is -5.45. The quantitative estimate of drug-likeness (QED) is 0.183. The maximum atomic E-state index is 6.45. The Morgan fingerprint density at radius 3 is 1.84 bits per heavy atom. The summed E-state index contributed by atoms with van der Waals surface area (Å²) in [5.41, 5.74) is 13.5. The monoisotopic (exact) mass is 708 g/mol. The zero-order chi connectivity index (χ0) is 33.8. The van der Waals surface area contributed by atoms with Gasteiger partial charge in [0.15, 0.2) is 0 Å². The second kappa shape index (κ2) is 10.5. The lowest BCUT2D eigenvalue weighted by molar-refractivity contribution is 0.483. The predicted octanol–water partition coefficient (Wildman–Crippen LogP) is 12.4. The van der Waals surface area contributed by atoms with Gasteiger partial charge in [-0.25, -0.2) is 4.98 Å². The molecule has 0 N–H and O–H groups in total. The fourth-order valence-electron chi connectivity index (χ4n) is 8.57. The topological polar surface area (TPSA) is 27.1 Å². The average Bonchev–Trinajstić information content (AvgIpc) is 3.71. The number of halogens is 1. The normalized spacial score (nSPS) is 13.8. The van der Waals surface area contributed by atoms with E-state index in [-0.39, 0.29) is 5.41 Å². The van der Waals surface area contributed by atoms with E-state index in [1.807, 2.05) is 30.5 Å². The highest BCUT2D eigenvalue weighted by molar-refractivity contribution is 9.10. The van der Waals surface area contributed by atoms with Crippen molar-refractivity contribution >= 4 is 37.7 Å². The van der Waals surface area contributed by atoms with E-state index in [0.29, 0.717) is 0 Å². The molecule has 0 saturated carbocycles. The van der Waals surface area contributed by atoms with E-state index >= 15 is 0 Å². The van der Waals surface area contributed by atoms with Gasteiger partial charge in [-0.05, 0) is 110 Å². The van der Waals surface area contributed by atoms with E-state index in [9.17, 15) is 0 Å². The zero-order valence-electron chi connectivity index (χ0n) is 28.0. The molecule has 8 aromatic rings. The molecule has 1 spiro atoms. The van der Waals surface area contributed by atoms with Gasteiger partial charge in [-0.1, -0.05) is 116 Å². The molecular weight excluding hydrogens is 676 g/mol. The van der Waals surface area contributed by atoms with Crippen molar-refractivity contribution in [2.75, 3.05) is 0 Å². The van der Waals surface area contributed by atoms with Gasteiger partial charge in [-0.3, -0.25) is 4.57 Å². The van der Waals surface area contributed by atoms with Crippen LogP contribution in [0.25, 0.3) is 49.9 Å². The van der Waals surface area contributed by atoms with Crippen molar-refractivity contribution in [3.05, 3.63) is 178 Å². The van der Waals surface area contributed by atoms with Gasteiger partial charge in [0.2, 0.25) is 0 Å². The van der Waals surface area contributed by atoms with Gasteiger partial charge in [0.05, 0.1) is 16.4 Å². The van der Waals surface area contributed by atoms with Crippen LogP contribution in [0.2, 0.25) is 0 Å². The summed E-state index contributed by atoms with van der Waals surface area (Å²) in [6, 6.07) is 50.7. The molecule has 0 saturated heterocycles. The van der Waals surface area contributed by atoms with Gasteiger partial charge in [0.1, 0.15) is 17.3 Å². The minimum absolute atomic E-state index is 0.0321. The van der Waals surface area contributed by atoms with Gasteiger partial charge >= 0.3 is 0 Å². The van der Waals surface area contributed by atoms with Crippen LogP contribution in [0.3, 0.4) is 0 Å². The number of benzene rings is 6. The SMILES string of the molecule is CC(C)(C)c1ccnc(-n2c3cc(Oc4cccc(Br)c4)ccc3c3cc4c(cc32)C2(c3ccccc3-c3ccccc32)c2ccccc2-4)c1. The Morgan fingerprint density at radius 2 is 1.18 bits per heavy atom. The third-order valence-electron chi connectivity index (χ3n) is 10.7. The highest BCUT2D eigenvalue weighted by Gasteiger charge is 2.51. The smallest absolute Gasteiger partial charge is 0.137 e. The number of hydrogen-bond donors (Lipinski definition) is 0. The van der Waals surface area contributed by atoms with Crippen LogP contribution < -0.4 is 4.74 Å². The van der Waals surface area contributed by atoms with Crippen molar-refractivity contribution in [1.29, 1.82) is 0 Å². The summed E-state index contributed by atoms with van der Waals surface area (Å²) in [4.78, 5) is 5.03. The van der Waals surface area contributed by atoms with Crippen molar-refractivity contribution in [3.63, 3.8) is 0 Å². The molecule has 0 radical (unpaired) electrons. The summed E-state index contributed by atoms with van der Waals surface area (Å²) in [5, 5.41) is 2.36. The highest BCUT2D eigenvalue weighted by atomic mass is 79.9. The first-order valence-corrected chi connectivity index (χ1v) is 17.9. The van der Waals surface area contributed by atoms with Crippen molar-refractivity contribution in [2.45, 2.75) is 31.6 Å². The van der Waals surface area contributed by atoms with Crippen LogP contribution in [-0.2, 0) is 10.8 Å². The zero-order valence-corrected chi connectivity index (χ0v) is 29.6. The first kappa shape index (κ1) is 29.5. The molecule has 4 heteroatoms. The van der Waals surface area contributed by atoms with E-state index in [2.05, 4.69) is 157 Å². The van der Waals surface area contributed by atoms with E-state index in [4.69, 9.17) is 9.72 Å². The minimum Gasteiger partial charge on any atom is -0.457 e. The maximum Gasteiger partial charge on any atom is 0.137 e. The molecule has 0 unspecified atom stereocenters. The highest BCUT2D eigenvalue weighted by Crippen LogP contribution is 2.63. The summed E-state index contributed by atoms with van der Waals surface area (Å²) in [7, 11) is 0. The van der Waals surface area contributed by atoms with Crippen LogP contribution in [0.15, 0.2) is 150 Å². The largest absolute Gasteiger partial charge is 0.457 e. The Bertz CT molecular complexity index is 2650. The van der Waals surface area contributed by atoms with E-state index < -0.39 is 5.41 Å². The molecule has 2 heterocycles. The third-order valence-corrected chi connectivity index (χ3v) is 11.2. The molecule has 2 aliphatic rings. The van der Waals surface area contributed by atoms with Crippen molar-refractivity contribution < 1.29 is 4.74 Å². The summed E-state index contributed by atoms with van der Waals surface area (Å²) >= 11 is 3.59. The molecule has 6 aromatic carbocycles. The fourth-order valence-corrected chi connectivity index (χ4v) is 8.94. The van der Waals surface area contributed by atoms with E-state index in [1.54, 1.807) is 0 Å². The number of hydrogen-bond acceptors (Lipinski definition) is 2. The lowest BCUT2D eigenvalue weighted by atomic mass is 9.70. The Morgan fingerprint density at radius 1 is 0.560 bits per heavy atom. The molecule has 240 valence electrons. The van der Waals surface area contributed by atoms with Crippen molar-refractivity contribution in [1.82, 2.24) is 9.55 Å². The van der Waals surface area contributed by atoms with Crippen molar-refractivity contribution in [3.8, 4) is 39.6 Å². The fraction of sp³-hybridized carbons (Fsp3) is 0.109. The van der Waals surface area contributed by atoms with Gasteiger partial charge in [-0.15, -0.1) is 0 Å². The number of pyridine rings is 1. The summed E-state index contributed by atoms with van der Waals surface area (Å²) in [6.45, 7) is 6.76. The van der Waals surface area contributed by atoms with Crippen LogP contribution in [0, 0.1) is 0 Å². The average molecular weight is 710 g/mol. The first-order chi connectivity index (χ1) is 24.3. The Balaban J connectivity index is 1.31. The Labute approximate surface area is 300 Å². The van der Waals surface area contributed by atoms with Gasteiger partial charge in [0, 0.05) is 27.5 Å². The van der Waals surface area contributed by atoms with E-state index in [1.165, 1.54) is 55.5 Å². The molecular formula is C46H33BrN2O. The molecule has 2 aliphatic carbocycles. The number of ether oxygens (including phenoxy) is 1. The van der Waals surface area contributed by atoms with Crippen LogP contribution in [0.4, 0.5) is 0 Å². The number of aromatic nitrogens is 2. The van der Waals surface area contributed by atoms with Crippen LogP contribution in [-0.4, -0.2) is 9.55 Å². The molecule has 0 bridgehead atoms. The van der Waals surface area contributed by atoms with E-state index in [0.717, 1.165) is 38.2 Å². The lowest BCUT2D eigenvalue weighted by Gasteiger charge is -2.30. The number of rotatable bonds is 3. The number of nitrogens with zero attached hydrogens (tertiary/aromatic N) is 2. The molecule has 0 aliphatic heterocycles. The molecule has 0 fully saturated rings. The van der Waals surface area contributed by atoms with Crippen LogP contribution >= 0.6 is 15.9 Å². The standard InChI is InChI=1S/C46H33BrN2O/c1-45(2,3)28-21-22-48-44(23-28)49-42-25-31(50-30-12-10-11-29(47)24-30)19-20-35(42)37-26-36-34-15-6-9-18-40(34)46(41(36)27-43(37)49)38-16-7-4-13-32(38)33-14-5-8-17-39(33)46/h4-27H,1-3H3. The second-order valence-electron chi connectivity index (χ2n) is 14.5. The predicted molar refractivity (Wildman–Crippen MR) is 208 cm³/mol. The molecule has 0 atom stereocenters. The van der Waals surface area contributed by atoms with Crippen LogP contribution in [0.1, 0.15) is 48.6 Å². The summed E-state index contributed by atoms with van der Waals surface area (Å²) in [5.74, 6) is 2.46. The summed E-state index contributed by atoms with van der Waals surface area (Å²) < 4.78 is 9.77. The molecule has 3 nitrogen and oxygen atoms in total. The van der Waals surface area contributed by atoms with Gasteiger partial charge < -0.3 is 4.74 Å². The van der Waals surface area contributed by atoms with Crippen LogP contribution in [0.5, 0.6) is 11.5 Å². The molecule has 0 amide bonds. The maximum absolute atomic E-state index is 6.45. The minimum atomic E-state index is -0.426. The molecule has 50 heavy (non-hydrogen) atoms. The van der Waals surface area contributed by atoms with Gasteiger partial charge in [0.25, 0.3) is 0 Å². The van der Waals surface area contributed by atoms with Gasteiger partial charge in [-0.2, -0.15) is 0 Å². The summed E-state index contributed by atoms with van der Waals surface area (Å²) in [6.07, 6.45) is 1.95. The molecule has 2 aromatic heterocycles. The molecule has 10 rings (SSSR count). The third kappa shape index (κ3) is 4.06. The second-order valence-corrected chi connectivity index (χ2v) is 15.4. The van der Waals surface area contributed by atoms with Crippen molar-refractivity contribution in [2.24, 2.45) is 0 Å². The number of fused-ring (bicyclic) bond motifs is 13. The Kier molecular flexibility index (Phi) is 6.20.